The Morgan fingerprint density at radius 1 is 1.33 bits per heavy atom. The molecule has 2 atom stereocenters. The highest BCUT2D eigenvalue weighted by Gasteiger charge is 2.18. The topological polar surface area (TPSA) is 69.6 Å². The Morgan fingerprint density at radius 2 is 2.10 bits per heavy atom. The molecule has 0 aliphatic rings. The van der Waals surface area contributed by atoms with Gasteiger partial charge in [-0.25, -0.2) is 0 Å². The smallest absolute Gasteiger partial charge is 0.255 e. The van der Waals surface area contributed by atoms with Crippen LogP contribution in [0.1, 0.15) is 40.2 Å². The number of para-hydroxylation sites is 1. The van der Waals surface area contributed by atoms with E-state index in [0.717, 1.165) is 4.88 Å². The molecular formula is C16H19NO3S. The summed E-state index contributed by atoms with van der Waals surface area (Å²) in [5.74, 6) is -0.330. The number of phenols is 1. The lowest BCUT2D eigenvalue weighted by Gasteiger charge is -2.17. The molecule has 0 bridgehead atoms. The maximum Gasteiger partial charge on any atom is 0.255 e. The zero-order valence-corrected chi connectivity index (χ0v) is 12.9. The van der Waals surface area contributed by atoms with E-state index >= 15 is 0 Å². The maximum absolute atomic E-state index is 12.1. The molecule has 5 heteroatoms. The third-order valence-electron chi connectivity index (χ3n) is 3.31. The highest BCUT2D eigenvalue weighted by molar-refractivity contribution is 7.10. The molecule has 1 aromatic carbocycles. The lowest BCUT2D eigenvalue weighted by molar-refractivity contribution is 0.0915. The minimum absolute atomic E-state index is 0.000931. The Bertz CT molecular complexity index is 610. The number of nitrogens with one attached hydrogen (secondary N) is 1. The summed E-state index contributed by atoms with van der Waals surface area (Å²) in [5.41, 5.74) is 0.918. The van der Waals surface area contributed by atoms with Crippen LogP contribution in [0, 0.1) is 6.92 Å². The van der Waals surface area contributed by atoms with Gasteiger partial charge in [0.25, 0.3) is 5.91 Å². The molecular weight excluding hydrogens is 286 g/mol. The van der Waals surface area contributed by atoms with Crippen molar-refractivity contribution in [1.82, 2.24) is 5.32 Å². The van der Waals surface area contributed by atoms with E-state index in [0.29, 0.717) is 12.0 Å². The van der Waals surface area contributed by atoms with Gasteiger partial charge in [0.1, 0.15) is 5.75 Å². The molecule has 0 fully saturated rings. The fraction of sp³-hybridized carbons (Fsp3) is 0.312. The summed E-state index contributed by atoms with van der Waals surface area (Å²) in [6.45, 7) is 3.58. The molecule has 21 heavy (non-hydrogen) atoms. The molecule has 2 unspecified atom stereocenters. The van der Waals surface area contributed by atoms with E-state index in [4.69, 9.17) is 0 Å². The zero-order chi connectivity index (χ0) is 15.4. The third-order valence-corrected chi connectivity index (χ3v) is 4.28. The van der Waals surface area contributed by atoms with Crippen LogP contribution in [0.5, 0.6) is 5.75 Å². The first-order valence-electron chi connectivity index (χ1n) is 6.80. The molecule has 0 aliphatic heterocycles. The maximum atomic E-state index is 12.1. The lowest BCUT2D eigenvalue weighted by Crippen LogP contribution is -2.33. The molecule has 1 amide bonds. The van der Waals surface area contributed by atoms with Gasteiger partial charge in [-0.3, -0.25) is 4.79 Å². The van der Waals surface area contributed by atoms with Gasteiger partial charge in [0.15, 0.2) is 0 Å². The molecule has 0 saturated carbocycles. The van der Waals surface area contributed by atoms with Gasteiger partial charge < -0.3 is 15.5 Å². The van der Waals surface area contributed by atoms with E-state index in [1.165, 1.54) is 11.3 Å². The highest BCUT2D eigenvalue weighted by atomic mass is 32.1. The predicted octanol–water partition coefficient (Wildman–Crippen LogP) is 3.00. The van der Waals surface area contributed by atoms with E-state index < -0.39 is 6.10 Å². The number of carbonyl (C=O) groups excluding carboxylic acids is 1. The van der Waals surface area contributed by atoms with Crippen LogP contribution in [-0.2, 0) is 0 Å². The predicted molar refractivity (Wildman–Crippen MR) is 83.7 cm³/mol. The lowest BCUT2D eigenvalue weighted by atomic mass is 10.1. The van der Waals surface area contributed by atoms with Gasteiger partial charge in [-0.05, 0) is 43.3 Å². The number of phenolic OH excluding ortho intramolecular Hbond substituents is 1. The average Bonchev–Trinajstić information content (AvgIpc) is 2.95. The molecule has 3 N–H and O–H groups in total. The fourth-order valence-electron chi connectivity index (χ4n) is 2.13. The number of aliphatic hydroxyl groups is 1. The number of benzene rings is 1. The third kappa shape index (κ3) is 3.83. The molecule has 0 spiro atoms. The Hall–Kier alpha value is -1.85. The summed E-state index contributed by atoms with van der Waals surface area (Å²) in [6.07, 6.45) is -0.162. The quantitative estimate of drug-likeness (QED) is 0.795. The van der Waals surface area contributed by atoms with Crippen molar-refractivity contribution in [3.63, 3.8) is 0 Å². The summed E-state index contributed by atoms with van der Waals surface area (Å²) in [6, 6.07) is 8.62. The molecule has 2 rings (SSSR count). The SMILES string of the molecule is Cc1cccc(C(=O)NC(C)CC(O)c2cccs2)c1O. The Kier molecular flexibility index (Phi) is 4.98. The first-order chi connectivity index (χ1) is 9.99. The van der Waals surface area contributed by atoms with Crippen molar-refractivity contribution >= 4 is 17.2 Å². The first kappa shape index (κ1) is 15.5. The summed E-state index contributed by atoms with van der Waals surface area (Å²) in [7, 11) is 0. The van der Waals surface area contributed by atoms with Crippen LogP contribution in [-0.4, -0.2) is 22.2 Å². The van der Waals surface area contributed by atoms with E-state index in [9.17, 15) is 15.0 Å². The van der Waals surface area contributed by atoms with Crippen LogP contribution in [0.4, 0.5) is 0 Å². The van der Waals surface area contributed by atoms with Crippen LogP contribution >= 0.6 is 11.3 Å². The second kappa shape index (κ2) is 6.74. The van der Waals surface area contributed by atoms with Gasteiger partial charge in [-0.2, -0.15) is 0 Å². The molecule has 0 radical (unpaired) electrons. The normalized spacial score (nSPS) is 13.7. The summed E-state index contributed by atoms with van der Waals surface area (Å²) < 4.78 is 0. The van der Waals surface area contributed by atoms with Crippen molar-refractivity contribution < 1.29 is 15.0 Å². The number of hydrogen-bond acceptors (Lipinski definition) is 4. The first-order valence-corrected chi connectivity index (χ1v) is 7.68. The number of aromatic hydroxyl groups is 1. The molecule has 0 aliphatic carbocycles. The fourth-order valence-corrected chi connectivity index (χ4v) is 2.86. The number of hydrogen-bond donors (Lipinski definition) is 3. The van der Waals surface area contributed by atoms with Crippen LogP contribution in [0.15, 0.2) is 35.7 Å². The van der Waals surface area contributed by atoms with Gasteiger partial charge >= 0.3 is 0 Å². The number of aliphatic hydroxyl groups excluding tert-OH is 1. The number of rotatable bonds is 5. The molecule has 1 heterocycles. The number of carbonyl (C=O) groups is 1. The van der Waals surface area contributed by atoms with E-state index in [-0.39, 0.29) is 23.3 Å². The zero-order valence-electron chi connectivity index (χ0n) is 12.0. The number of thiophene rings is 1. The van der Waals surface area contributed by atoms with Crippen LogP contribution in [0.2, 0.25) is 0 Å². The Labute approximate surface area is 128 Å². The Balaban J connectivity index is 1.97. The summed E-state index contributed by atoms with van der Waals surface area (Å²) >= 11 is 1.49. The van der Waals surface area contributed by atoms with Crippen LogP contribution < -0.4 is 5.32 Å². The van der Waals surface area contributed by atoms with Crippen molar-refractivity contribution in [3.05, 3.63) is 51.7 Å². The molecule has 0 saturated heterocycles. The minimum Gasteiger partial charge on any atom is -0.507 e. The van der Waals surface area contributed by atoms with Crippen LogP contribution in [0.3, 0.4) is 0 Å². The van der Waals surface area contributed by atoms with Gasteiger partial charge in [0, 0.05) is 10.9 Å². The number of aryl methyl sites for hydroxylation is 1. The largest absolute Gasteiger partial charge is 0.507 e. The molecule has 1 aromatic heterocycles. The van der Waals surface area contributed by atoms with Gasteiger partial charge in [-0.1, -0.05) is 18.2 Å². The minimum atomic E-state index is -0.591. The van der Waals surface area contributed by atoms with Crippen LogP contribution in [0.25, 0.3) is 0 Å². The van der Waals surface area contributed by atoms with Gasteiger partial charge in [0.05, 0.1) is 11.7 Å². The highest BCUT2D eigenvalue weighted by Crippen LogP contribution is 2.24. The standard InChI is InChI=1S/C16H19NO3S/c1-10-5-3-6-12(15(10)19)16(20)17-11(2)9-13(18)14-7-4-8-21-14/h3-8,11,13,18-19H,9H2,1-2H3,(H,17,20). The molecule has 112 valence electrons. The summed E-state index contributed by atoms with van der Waals surface area (Å²) in [4.78, 5) is 13.0. The summed E-state index contributed by atoms with van der Waals surface area (Å²) in [5, 5.41) is 24.7. The van der Waals surface area contributed by atoms with Crippen molar-refractivity contribution in [2.24, 2.45) is 0 Å². The van der Waals surface area contributed by atoms with Crippen molar-refractivity contribution in [3.8, 4) is 5.75 Å². The second-order valence-electron chi connectivity index (χ2n) is 5.11. The monoisotopic (exact) mass is 305 g/mol. The van der Waals surface area contributed by atoms with Crippen molar-refractivity contribution in [2.75, 3.05) is 0 Å². The second-order valence-corrected chi connectivity index (χ2v) is 6.09. The van der Waals surface area contributed by atoms with Gasteiger partial charge in [0.2, 0.25) is 0 Å². The average molecular weight is 305 g/mol. The van der Waals surface area contributed by atoms with E-state index in [1.807, 2.05) is 24.4 Å². The van der Waals surface area contributed by atoms with Crippen molar-refractivity contribution in [2.45, 2.75) is 32.4 Å². The molecule has 2 aromatic rings. The van der Waals surface area contributed by atoms with E-state index in [1.54, 1.807) is 25.1 Å². The van der Waals surface area contributed by atoms with Gasteiger partial charge in [-0.15, -0.1) is 11.3 Å². The number of amides is 1. The van der Waals surface area contributed by atoms with E-state index in [2.05, 4.69) is 5.32 Å². The van der Waals surface area contributed by atoms with Crippen molar-refractivity contribution in [1.29, 1.82) is 0 Å². The Morgan fingerprint density at radius 3 is 2.76 bits per heavy atom. The molecule has 4 nitrogen and oxygen atoms in total.